The molecule has 0 saturated carbocycles. The second kappa shape index (κ2) is 7.63. The van der Waals surface area contributed by atoms with Crippen LogP contribution in [0.3, 0.4) is 0 Å². The number of sulfonamides is 1. The summed E-state index contributed by atoms with van der Waals surface area (Å²) in [7, 11) is -3.68. The lowest BCUT2D eigenvalue weighted by molar-refractivity contribution is -0.114. The van der Waals surface area contributed by atoms with Crippen LogP contribution in [-0.4, -0.2) is 33.4 Å². The van der Waals surface area contributed by atoms with E-state index >= 15 is 0 Å². The van der Waals surface area contributed by atoms with Gasteiger partial charge in [-0.05, 0) is 42.0 Å². The standard InChI is InChI=1S/C21H20N2O5S/c1-2-29(25,26)23(18-9-10-19-20(12-18)28-14-27-19)13-21(24)22-17-8-7-15-5-3-4-6-16(15)11-17/h3-12H,2,13-14H2,1H3,(H,22,24). The molecule has 0 saturated heterocycles. The molecule has 8 heteroatoms. The summed E-state index contributed by atoms with van der Waals surface area (Å²) < 4.78 is 37.0. The summed E-state index contributed by atoms with van der Waals surface area (Å²) in [5, 5.41) is 4.82. The number of carbonyl (C=O) groups is 1. The van der Waals surface area contributed by atoms with Crippen LogP contribution in [0.1, 0.15) is 6.92 Å². The van der Waals surface area contributed by atoms with Crippen molar-refractivity contribution in [2.45, 2.75) is 6.92 Å². The summed E-state index contributed by atoms with van der Waals surface area (Å²) in [4.78, 5) is 12.7. The number of rotatable bonds is 6. The first kappa shape index (κ1) is 19.1. The predicted molar refractivity (Wildman–Crippen MR) is 112 cm³/mol. The van der Waals surface area contributed by atoms with E-state index in [-0.39, 0.29) is 19.1 Å². The molecule has 0 spiro atoms. The van der Waals surface area contributed by atoms with Crippen LogP contribution in [0.4, 0.5) is 11.4 Å². The van der Waals surface area contributed by atoms with E-state index in [1.54, 1.807) is 24.3 Å². The summed E-state index contributed by atoms with van der Waals surface area (Å²) in [6.07, 6.45) is 0. The van der Waals surface area contributed by atoms with E-state index in [0.717, 1.165) is 15.1 Å². The largest absolute Gasteiger partial charge is 0.454 e. The van der Waals surface area contributed by atoms with Crippen LogP contribution >= 0.6 is 0 Å². The van der Waals surface area contributed by atoms with E-state index in [2.05, 4.69) is 5.32 Å². The van der Waals surface area contributed by atoms with E-state index in [9.17, 15) is 13.2 Å². The Morgan fingerprint density at radius 1 is 1.00 bits per heavy atom. The maximum Gasteiger partial charge on any atom is 0.245 e. The van der Waals surface area contributed by atoms with Crippen molar-refractivity contribution in [3.8, 4) is 11.5 Å². The van der Waals surface area contributed by atoms with Gasteiger partial charge in [0.25, 0.3) is 0 Å². The lowest BCUT2D eigenvalue weighted by atomic mass is 10.1. The highest BCUT2D eigenvalue weighted by Crippen LogP contribution is 2.36. The molecule has 3 aromatic carbocycles. The number of carbonyl (C=O) groups excluding carboxylic acids is 1. The predicted octanol–water partition coefficient (Wildman–Crippen LogP) is 3.36. The number of benzene rings is 3. The Morgan fingerprint density at radius 2 is 1.76 bits per heavy atom. The molecule has 0 atom stereocenters. The average Bonchev–Trinajstić information content (AvgIpc) is 3.19. The van der Waals surface area contributed by atoms with Crippen LogP contribution in [-0.2, 0) is 14.8 Å². The molecular formula is C21H20N2O5S. The van der Waals surface area contributed by atoms with Gasteiger partial charge in [-0.2, -0.15) is 0 Å². The molecule has 1 heterocycles. The zero-order valence-corrected chi connectivity index (χ0v) is 16.6. The van der Waals surface area contributed by atoms with Gasteiger partial charge in [-0.3, -0.25) is 9.10 Å². The Hall–Kier alpha value is -3.26. The Bertz CT molecular complexity index is 1180. The van der Waals surface area contributed by atoms with Crippen molar-refractivity contribution < 1.29 is 22.7 Å². The smallest absolute Gasteiger partial charge is 0.245 e. The number of nitrogens with zero attached hydrogens (tertiary/aromatic N) is 1. The molecule has 4 rings (SSSR count). The van der Waals surface area contributed by atoms with Gasteiger partial charge in [0.05, 0.1) is 11.4 Å². The zero-order chi connectivity index (χ0) is 20.4. The van der Waals surface area contributed by atoms with Crippen molar-refractivity contribution in [2.75, 3.05) is 28.7 Å². The Morgan fingerprint density at radius 3 is 2.55 bits per heavy atom. The molecule has 0 unspecified atom stereocenters. The maximum atomic E-state index is 12.7. The van der Waals surface area contributed by atoms with Gasteiger partial charge in [-0.1, -0.05) is 30.3 Å². The second-order valence-corrected chi connectivity index (χ2v) is 8.74. The van der Waals surface area contributed by atoms with Crippen LogP contribution < -0.4 is 19.1 Å². The normalized spacial score (nSPS) is 12.7. The highest BCUT2D eigenvalue weighted by Gasteiger charge is 2.25. The molecule has 1 aliphatic rings. The Kier molecular flexibility index (Phi) is 5.02. The van der Waals surface area contributed by atoms with Crippen LogP contribution in [0.15, 0.2) is 60.7 Å². The monoisotopic (exact) mass is 412 g/mol. The van der Waals surface area contributed by atoms with Crippen LogP contribution in [0.2, 0.25) is 0 Å². The summed E-state index contributed by atoms with van der Waals surface area (Å²) in [5.74, 6) is 0.428. The third kappa shape index (κ3) is 3.97. The van der Waals surface area contributed by atoms with Gasteiger partial charge in [-0.25, -0.2) is 8.42 Å². The highest BCUT2D eigenvalue weighted by molar-refractivity contribution is 7.92. The number of fused-ring (bicyclic) bond motifs is 2. The van der Waals surface area contributed by atoms with Crippen molar-refractivity contribution in [2.24, 2.45) is 0 Å². The molecule has 3 aromatic rings. The highest BCUT2D eigenvalue weighted by atomic mass is 32.2. The number of amides is 1. The molecule has 1 aliphatic heterocycles. The molecule has 7 nitrogen and oxygen atoms in total. The van der Waals surface area contributed by atoms with E-state index in [1.807, 2.05) is 36.4 Å². The van der Waals surface area contributed by atoms with Crippen LogP contribution in [0.5, 0.6) is 11.5 Å². The fraction of sp³-hybridized carbons (Fsp3) is 0.190. The van der Waals surface area contributed by atoms with Gasteiger partial charge in [0.2, 0.25) is 22.7 Å². The minimum absolute atomic E-state index is 0.0851. The zero-order valence-electron chi connectivity index (χ0n) is 15.8. The molecule has 0 bridgehead atoms. The quantitative estimate of drug-likeness (QED) is 0.671. The molecule has 29 heavy (non-hydrogen) atoms. The summed E-state index contributed by atoms with van der Waals surface area (Å²) in [6, 6.07) is 18.2. The molecule has 1 N–H and O–H groups in total. The van der Waals surface area contributed by atoms with Crippen molar-refractivity contribution in [1.82, 2.24) is 0 Å². The van der Waals surface area contributed by atoms with Crippen molar-refractivity contribution in [1.29, 1.82) is 0 Å². The third-order valence-corrected chi connectivity index (χ3v) is 6.41. The number of anilines is 2. The van der Waals surface area contributed by atoms with Gasteiger partial charge >= 0.3 is 0 Å². The summed E-state index contributed by atoms with van der Waals surface area (Å²) in [6.45, 7) is 1.28. The maximum absolute atomic E-state index is 12.7. The average molecular weight is 412 g/mol. The molecule has 0 aromatic heterocycles. The summed E-state index contributed by atoms with van der Waals surface area (Å²) in [5.41, 5.74) is 0.956. The number of ether oxygens (including phenoxy) is 2. The molecule has 1 amide bonds. The molecule has 0 radical (unpaired) electrons. The topological polar surface area (TPSA) is 84.9 Å². The van der Waals surface area contributed by atoms with E-state index < -0.39 is 15.9 Å². The van der Waals surface area contributed by atoms with Crippen LogP contribution in [0, 0.1) is 0 Å². The van der Waals surface area contributed by atoms with E-state index in [4.69, 9.17) is 9.47 Å². The molecule has 150 valence electrons. The van der Waals surface area contributed by atoms with Gasteiger partial charge in [0.15, 0.2) is 11.5 Å². The van der Waals surface area contributed by atoms with Crippen molar-refractivity contribution >= 4 is 38.1 Å². The minimum atomic E-state index is -3.68. The SMILES string of the molecule is CCS(=O)(=O)N(CC(=O)Nc1ccc2ccccc2c1)c1ccc2c(c1)OCO2. The van der Waals surface area contributed by atoms with Gasteiger partial charge < -0.3 is 14.8 Å². The molecule has 0 aliphatic carbocycles. The first-order chi connectivity index (χ1) is 14.0. The van der Waals surface area contributed by atoms with Gasteiger partial charge in [-0.15, -0.1) is 0 Å². The minimum Gasteiger partial charge on any atom is -0.454 e. The number of hydrogen-bond donors (Lipinski definition) is 1. The van der Waals surface area contributed by atoms with Crippen molar-refractivity contribution in [3.05, 3.63) is 60.7 Å². The van der Waals surface area contributed by atoms with E-state index in [1.165, 1.54) is 6.92 Å². The third-order valence-electron chi connectivity index (χ3n) is 4.67. The Labute approximate surface area is 168 Å². The van der Waals surface area contributed by atoms with Gasteiger partial charge in [0, 0.05) is 11.8 Å². The fourth-order valence-electron chi connectivity index (χ4n) is 3.14. The van der Waals surface area contributed by atoms with Crippen molar-refractivity contribution in [3.63, 3.8) is 0 Å². The lowest BCUT2D eigenvalue weighted by Gasteiger charge is -2.23. The second-order valence-electron chi connectivity index (χ2n) is 6.55. The van der Waals surface area contributed by atoms with E-state index in [0.29, 0.717) is 22.9 Å². The molecular weight excluding hydrogens is 392 g/mol. The molecule has 0 fully saturated rings. The van der Waals surface area contributed by atoms with Crippen LogP contribution in [0.25, 0.3) is 10.8 Å². The van der Waals surface area contributed by atoms with Gasteiger partial charge in [0.1, 0.15) is 6.54 Å². The number of nitrogens with one attached hydrogen (secondary N) is 1. The first-order valence-corrected chi connectivity index (χ1v) is 10.8. The lowest BCUT2D eigenvalue weighted by Crippen LogP contribution is -2.39. The number of hydrogen-bond acceptors (Lipinski definition) is 5. The Balaban J connectivity index is 1.57. The summed E-state index contributed by atoms with van der Waals surface area (Å²) >= 11 is 0. The fourth-order valence-corrected chi connectivity index (χ4v) is 4.20. The first-order valence-electron chi connectivity index (χ1n) is 9.15.